The molecule has 0 aliphatic carbocycles. The molecule has 1 saturated heterocycles. The number of nitrogens with one attached hydrogen (secondary N) is 2. The number of aryl methyl sites for hydroxylation is 1. The maximum absolute atomic E-state index is 12.1. The Labute approximate surface area is 129 Å². The number of carbonyl (C=O) groups excluding carboxylic acids is 2. The first-order chi connectivity index (χ1) is 9.90. The van der Waals surface area contributed by atoms with E-state index in [4.69, 9.17) is 11.6 Å². The van der Waals surface area contributed by atoms with Gasteiger partial charge in [0.25, 0.3) is 0 Å². The first kappa shape index (κ1) is 15.6. The molecule has 1 aromatic carbocycles. The smallest absolute Gasteiger partial charge is 0.319 e. The van der Waals surface area contributed by atoms with Gasteiger partial charge in [-0.05, 0) is 38.8 Å². The molecule has 1 atom stereocenters. The van der Waals surface area contributed by atoms with Crippen molar-refractivity contribution in [3.8, 4) is 0 Å². The summed E-state index contributed by atoms with van der Waals surface area (Å²) < 4.78 is 0. The van der Waals surface area contributed by atoms with Crippen LogP contribution < -0.4 is 10.6 Å². The summed E-state index contributed by atoms with van der Waals surface area (Å²) in [5.74, 6) is -0.0315. The molecule has 0 unspecified atom stereocenters. The fourth-order valence-corrected chi connectivity index (χ4v) is 2.72. The lowest BCUT2D eigenvalue weighted by molar-refractivity contribution is -0.130. The van der Waals surface area contributed by atoms with Gasteiger partial charge in [-0.2, -0.15) is 0 Å². The number of para-hydroxylation sites is 1. The van der Waals surface area contributed by atoms with Crippen molar-refractivity contribution in [2.45, 2.75) is 39.3 Å². The Morgan fingerprint density at radius 2 is 2.14 bits per heavy atom. The predicted octanol–water partition coefficient (Wildman–Crippen LogP) is 2.78. The van der Waals surface area contributed by atoms with E-state index < -0.39 is 12.1 Å². The molecule has 1 aliphatic heterocycles. The van der Waals surface area contributed by atoms with Crippen molar-refractivity contribution < 1.29 is 9.59 Å². The summed E-state index contributed by atoms with van der Waals surface area (Å²) in [5, 5.41) is 5.91. The molecule has 114 valence electrons. The number of halogens is 1. The van der Waals surface area contributed by atoms with Crippen LogP contribution in [0.2, 0.25) is 5.02 Å². The Morgan fingerprint density at radius 1 is 1.43 bits per heavy atom. The lowest BCUT2D eigenvalue weighted by atomic mass is 10.2. The molecule has 5 nitrogen and oxygen atoms in total. The summed E-state index contributed by atoms with van der Waals surface area (Å²) in [6.45, 7) is 6.47. The van der Waals surface area contributed by atoms with Crippen molar-refractivity contribution in [2.75, 3.05) is 11.9 Å². The highest BCUT2D eigenvalue weighted by Crippen LogP contribution is 2.25. The normalized spacial score (nSPS) is 18.2. The van der Waals surface area contributed by atoms with Gasteiger partial charge in [0.1, 0.15) is 6.04 Å². The highest BCUT2D eigenvalue weighted by atomic mass is 35.5. The zero-order valence-electron chi connectivity index (χ0n) is 12.4. The van der Waals surface area contributed by atoms with Crippen LogP contribution in [0.3, 0.4) is 0 Å². The molecule has 0 spiro atoms. The van der Waals surface area contributed by atoms with Crippen LogP contribution in [0.4, 0.5) is 10.5 Å². The van der Waals surface area contributed by atoms with Gasteiger partial charge in [0.05, 0.1) is 10.7 Å². The molecule has 21 heavy (non-hydrogen) atoms. The van der Waals surface area contributed by atoms with Crippen molar-refractivity contribution in [2.24, 2.45) is 0 Å². The third-order valence-corrected chi connectivity index (χ3v) is 3.94. The quantitative estimate of drug-likeness (QED) is 0.902. The number of amides is 3. The van der Waals surface area contributed by atoms with Crippen LogP contribution in [-0.4, -0.2) is 35.5 Å². The van der Waals surface area contributed by atoms with Crippen LogP contribution in [0.1, 0.15) is 25.8 Å². The van der Waals surface area contributed by atoms with Crippen LogP contribution in [0.25, 0.3) is 0 Å². The van der Waals surface area contributed by atoms with Crippen molar-refractivity contribution in [3.05, 3.63) is 28.8 Å². The van der Waals surface area contributed by atoms with E-state index in [-0.39, 0.29) is 11.9 Å². The van der Waals surface area contributed by atoms with E-state index in [0.717, 1.165) is 5.56 Å². The lowest BCUT2D eigenvalue weighted by Gasteiger charge is -2.21. The number of hydrogen-bond acceptors (Lipinski definition) is 2. The van der Waals surface area contributed by atoms with Gasteiger partial charge in [0.15, 0.2) is 0 Å². The van der Waals surface area contributed by atoms with E-state index in [9.17, 15) is 9.59 Å². The highest BCUT2D eigenvalue weighted by Gasteiger charge is 2.34. The molecule has 2 N–H and O–H groups in total. The maximum Gasteiger partial charge on any atom is 0.319 e. The second kappa shape index (κ2) is 6.35. The second-order valence-corrected chi connectivity index (χ2v) is 5.90. The maximum atomic E-state index is 12.1. The molecule has 1 fully saturated rings. The average molecular weight is 310 g/mol. The molecule has 0 bridgehead atoms. The topological polar surface area (TPSA) is 61.4 Å². The number of urea groups is 1. The lowest BCUT2D eigenvalue weighted by Crippen LogP contribution is -2.44. The van der Waals surface area contributed by atoms with Crippen LogP contribution in [0.5, 0.6) is 0 Å². The minimum atomic E-state index is -0.463. The summed E-state index contributed by atoms with van der Waals surface area (Å²) in [6, 6.07) is 4.68. The molecule has 0 saturated carbocycles. The second-order valence-electron chi connectivity index (χ2n) is 5.50. The fraction of sp³-hybridized carbons (Fsp3) is 0.467. The molecule has 1 aliphatic rings. The number of anilines is 1. The number of rotatable bonds is 3. The minimum Gasteiger partial charge on any atom is -0.338 e. The van der Waals surface area contributed by atoms with Crippen LogP contribution in [0.15, 0.2) is 18.2 Å². The van der Waals surface area contributed by atoms with Gasteiger partial charge < -0.3 is 15.5 Å². The van der Waals surface area contributed by atoms with E-state index in [1.54, 1.807) is 11.0 Å². The summed E-state index contributed by atoms with van der Waals surface area (Å²) >= 11 is 6.07. The van der Waals surface area contributed by atoms with Gasteiger partial charge in [-0.3, -0.25) is 4.79 Å². The SMILES string of the molecule is Cc1cccc(Cl)c1NC(=O)N[C@@H]1CCN(C(C)C)C1=O. The zero-order valence-corrected chi connectivity index (χ0v) is 13.2. The summed E-state index contributed by atoms with van der Waals surface area (Å²) in [6.07, 6.45) is 0.631. The third kappa shape index (κ3) is 3.47. The Morgan fingerprint density at radius 3 is 2.71 bits per heavy atom. The van der Waals surface area contributed by atoms with Crippen molar-refractivity contribution in [1.29, 1.82) is 0 Å². The molecule has 0 radical (unpaired) electrons. The van der Waals surface area contributed by atoms with Gasteiger partial charge in [0.2, 0.25) is 5.91 Å². The zero-order chi connectivity index (χ0) is 15.6. The van der Waals surface area contributed by atoms with Crippen LogP contribution >= 0.6 is 11.6 Å². The van der Waals surface area contributed by atoms with Gasteiger partial charge >= 0.3 is 6.03 Å². The van der Waals surface area contributed by atoms with Crippen molar-refractivity contribution in [3.63, 3.8) is 0 Å². The molecule has 1 heterocycles. The van der Waals surface area contributed by atoms with E-state index in [2.05, 4.69) is 10.6 Å². The number of nitrogens with zero attached hydrogens (tertiary/aromatic N) is 1. The number of benzene rings is 1. The van der Waals surface area contributed by atoms with Crippen molar-refractivity contribution in [1.82, 2.24) is 10.2 Å². The standard InChI is InChI=1S/C15H20ClN3O2/c1-9(2)19-8-7-12(14(19)20)17-15(21)18-13-10(3)5-4-6-11(13)16/h4-6,9,12H,7-8H2,1-3H3,(H2,17,18,21)/t12-/m1/s1. The Hall–Kier alpha value is -1.75. The van der Waals surface area contributed by atoms with Gasteiger partial charge in [-0.15, -0.1) is 0 Å². The molecule has 0 aromatic heterocycles. The van der Waals surface area contributed by atoms with Crippen LogP contribution in [-0.2, 0) is 4.79 Å². The first-order valence-corrected chi connectivity index (χ1v) is 7.41. The molecular formula is C15H20ClN3O2. The Balaban J connectivity index is 1.99. The highest BCUT2D eigenvalue weighted by molar-refractivity contribution is 6.33. The predicted molar refractivity (Wildman–Crippen MR) is 83.6 cm³/mol. The molecule has 1 aromatic rings. The molecule has 6 heteroatoms. The molecule has 3 amide bonds. The van der Waals surface area contributed by atoms with Crippen molar-refractivity contribution >= 4 is 29.2 Å². The largest absolute Gasteiger partial charge is 0.338 e. The van der Waals surface area contributed by atoms with E-state index >= 15 is 0 Å². The molecular weight excluding hydrogens is 290 g/mol. The van der Waals surface area contributed by atoms with E-state index in [0.29, 0.717) is 23.7 Å². The van der Waals surface area contributed by atoms with E-state index in [1.807, 2.05) is 32.9 Å². The third-order valence-electron chi connectivity index (χ3n) is 3.63. The summed E-state index contributed by atoms with van der Waals surface area (Å²) in [5.41, 5.74) is 1.45. The van der Waals surface area contributed by atoms with Gasteiger partial charge in [0, 0.05) is 12.6 Å². The first-order valence-electron chi connectivity index (χ1n) is 7.03. The molecule has 2 rings (SSSR count). The van der Waals surface area contributed by atoms with Gasteiger partial charge in [-0.25, -0.2) is 4.79 Å². The van der Waals surface area contributed by atoms with Gasteiger partial charge in [-0.1, -0.05) is 23.7 Å². The average Bonchev–Trinajstić information content (AvgIpc) is 2.76. The monoisotopic (exact) mass is 309 g/mol. The number of likely N-dealkylation sites (tertiary alicyclic amines) is 1. The van der Waals surface area contributed by atoms with E-state index in [1.165, 1.54) is 0 Å². The summed E-state index contributed by atoms with van der Waals surface area (Å²) in [4.78, 5) is 25.9. The number of carbonyl (C=O) groups is 2. The fourth-order valence-electron chi connectivity index (χ4n) is 2.45. The minimum absolute atomic E-state index is 0.0315. The number of hydrogen-bond donors (Lipinski definition) is 2. The van der Waals surface area contributed by atoms with Crippen LogP contribution in [0, 0.1) is 6.92 Å². The summed E-state index contributed by atoms with van der Waals surface area (Å²) in [7, 11) is 0. The Bertz CT molecular complexity index is 540. The Kier molecular flexibility index (Phi) is 4.73.